The molecule has 0 heterocycles. The van der Waals surface area contributed by atoms with E-state index in [-0.39, 0.29) is 11.8 Å². The van der Waals surface area contributed by atoms with E-state index in [2.05, 4.69) is 9.88 Å². The Hall–Kier alpha value is -1.03. The molecule has 0 fully saturated rings. The largest absolute Gasteiger partial charge is 0.409 e. The van der Waals surface area contributed by atoms with Gasteiger partial charge in [-0.1, -0.05) is 19.0 Å². The molecule has 0 aliphatic carbocycles. The van der Waals surface area contributed by atoms with Gasteiger partial charge in [0.25, 0.3) is 0 Å². The molecule has 0 radical (unpaired) electrons. The van der Waals surface area contributed by atoms with Crippen LogP contribution in [0.25, 0.3) is 0 Å². The number of oxime groups is 1. The van der Waals surface area contributed by atoms with Crippen LogP contribution >= 0.6 is 0 Å². The molecular weight excluding hydrogens is 287 g/mol. The molecule has 0 bridgehead atoms. The topological polar surface area (TPSA) is 105 Å². The first-order chi connectivity index (χ1) is 8.48. The summed E-state index contributed by atoms with van der Waals surface area (Å²) in [6, 6.07) is -0.958. The van der Waals surface area contributed by atoms with Crippen LogP contribution in [0.15, 0.2) is 5.16 Å². The molecule has 1 unspecified atom stereocenters. The van der Waals surface area contributed by atoms with Gasteiger partial charge in [-0.25, -0.2) is 13.1 Å². The summed E-state index contributed by atoms with van der Waals surface area (Å²) in [7, 11) is -3.93. The van der Waals surface area contributed by atoms with E-state index in [4.69, 9.17) is 10.9 Å². The number of sulfonamides is 1. The van der Waals surface area contributed by atoms with Crippen molar-refractivity contribution in [2.75, 3.05) is 5.75 Å². The number of alkyl halides is 3. The first kappa shape index (κ1) is 18.0. The summed E-state index contributed by atoms with van der Waals surface area (Å²) in [5.74, 6) is -1.32. The van der Waals surface area contributed by atoms with Gasteiger partial charge in [0.05, 0.1) is 11.8 Å². The first-order valence-electron chi connectivity index (χ1n) is 5.52. The summed E-state index contributed by atoms with van der Waals surface area (Å²) in [5, 5.41) is 11.2. The molecule has 4 N–H and O–H groups in total. The zero-order chi connectivity index (χ0) is 15.3. The minimum Gasteiger partial charge on any atom is -0.409 e. The third-order valence-electron chi connectivity index (χ3n) is 2.28. The van der Waals surface area contributed by atoms with Gasteiger partial charge >= 0.3 is 6.18 Å². The standard InChI is InChI=1S/C9H18F3N3O3S/c1-6(2)7(8(13)14-16)15-19(17,18)5-3-4-9(10,11)12/h6-7,15-16H,3-5H2,1-2H3,(H2,13,14). The normalized spacial score (nSPS) is 15.8. The maximum atomic E-state index is 11.9. The van der Waals surface area contributed by atoms with Crippen LogP contribution in [-0.4, -0.2) is 37.4 Å². The van der Waals surface area contributed by atoms with Crippen LogP contribution < -0.4 is 10.5 Å². The van der Waals surface area contributed by atoms with Gasteiger partial charge in [-0.15, -0.1) is 0 Å². The molecule has 0 aliphatic rings. The molecule has 0 saturated heterocycles. The highest BCUT2D eigenvalue weighted by Gasteiger charge is 2.29. The van der Waals surface area contributed by atoms with Gasteiger partial charge in [0.2, 0.25) is 10.0 Å². The van der Waals surface area contributed by atoms with E-state index in [1.807, 2.05) is 0 Å². The van der Waals surface area contributed by atoms with Gasteiger partial charge < -0.3 is 10.9 Å². The van der Waals surface area contributed by atoms with Crippen LogP contribution in [0.1, 0.15) is 26.7 Å². The molecule has 0 aromatic rings. The minimum atomic E-state index is -4.39. The zero-order valence-electron chi connectivity index (χ0n) is 10.6. The van der Waals surface area contributed by atoms with Crippen LogP contribution in [-0.2, 0) is 10.0 Å². The van der Waals surface area contributed by atoms with Gasteiger partial charge in [0.1, 0.15) is 0 Å². The maximum Gasteiger partial charge on any atom is 0.389 e. The van der Waals surface area contributed by atoms with Crippen molar-refractivity contribution in [2.45, 2.75) is 38.9 Å². The average molecular weight is 305 g/mol. The summed E-state index contributed by atoms with van der Waals surface area (Å²) in [4.78, 5) is 0. The summed E-state index contributed by atoms with van der Waals surface area (Å²) in [5.41, 5.74) is 5.32. The van der Waals surface area contributed by atoms with E-state index < -0.39 is 40.8 Å². The number of hydrogen-bond acceptors (Lipinski definition) is 4. The zero-order valence-corrected chi connectivity index (χ0v) is 11.4. The molecule has 114 valence electrons. The van der Waals surface area contributed by atoms with Crippen molar-refractivity contribution in [3.05, 3.63) is 0 Å². The fraction of sp³-hybridized carbons (Fsp3) is 0.889. The van der Waals surface area contributed by atoms with Crippen LogP contribution in [0.3, 0.4) is 0 Å². The number of rotatable bonds is 7. The lowest BCUT2D eigenvalue weighted by Crippen LogP contribution is -2.48. The van der Waals surface area contributed by atoms with Crippen LogP contribution in [0.5, 0.6) is 0 Å². The maximum absolute atomic E-state index is 11.9. The molecule has 0 aliphatic heterocycles. The molecule has 0 aromatic heterocycles. The van der Waals surface area contributed by atoms with Crippen LogP contribution in [0, 0.1) is 5.92 Å². The molecule has 10 heteroatoms. The monoisotopic (exact) mass is 305 g/mol. The Morgan fingerprint density at radius 2 is 1.95 bits per heavy atom. The third kappa shape index (κ3) is 7.88. The summed E-state index contributed by atoms with van der Waals surface area (Å²) in [6.45, 7) is 3.25. The van der Waals surface area contributed by atoms with Crippen LogP contribution in [0.4, 0.5) is 13.2 Å². The summed E-state index contributed by atoms with van der Waals surface area (Å²) >= 11 is 0. The highest BCUT2D eigenvalue weighted by molar-refractivity contribution is 7.89. The number of amidine groups is 1. The molecule has 0 aromatic carbocycles. The Bertz CT molecular complexity index is 407. The second kappa shape index (κ2) is 6.94. The van der Waals surface area contributed by atoms with E-state index >= 15 is 0 Å². The smallest absolute Gasteiger partial charge is 0.389 e. The molecule has 19 heavy (non-hydrogen) atoms. The number of nitrogens with zero attached hydrogens (tertiary/aromatic N) is 1. The Kier molecular flexibility index (Phi) is 6.57. The van der Waals surface area contributed by atoms with Crippen molar-refractivity contribution < 1.29 is 26.8 Å². The second-order valence-electron chi connectivity index (χ2n) is 4.40. The van der Waals surface area contributed by atoms with Gasteiger partial charge in [-0.2, -0.15) is 13.2 Å². The Balaban J connectivity index is 4.58. The van der Waals surface area contributed by atoms with Crippen molar-refractivity contribution in [3.8, 4) is 0 Å². The van der Waals surface area contributed by atoms with Crippen LogP contribution in [0.2, 0.25) is 0 Å². The lowest BCUT2D eigenvalue weighted by Gasteiger charge is -2.20. The van der Waals surface area contributed by atoms with Crippen molar-refractivity contribution >= 4 is 15.9 Å². The average Bonchev–Trinajstić information content (AvgIpc) is 2.22. The quantitative estimate of drug-likeness (QED) is 0.283. The van der Waals surface area contributed by atoms with E-state index in [1.54, 1.807) is 13.8 Å². The number of halogens is 3. The third-order valence-corrected chi connectivity index (χ3v) is 3.72. The number of nitrogens with two attached hydrogens (primary N) is 1. The molecule has 0 rings (SSSR count). The lowest BCUT2D eigenvalue weighted by atomic mass is 10.1. The fourth-order valence-electron chi connectivity index (χ4n) is 1.32. The van der Waals surface area contributed by atoms with Crippen molar-refractivity contribution in [1.82, 2.24) is 4.72 Å². The Morgan fingerprint density at radius 3 is 2.32 bits per heavy atom. The van der Waals surface area contributed by atoms with Crippen molar-refractivity contribution in [3.63, 3.8) is 0 Å². The van der Waals surface area contributed by atoms with Gasteiger partial charge in [0, 0.05) is 6.42 Å². The molecule has 6 nitrogen and oxygen atoms in total. The van der Waals surface area contributed by atoms with Gasteiger partial charge in [-0.3, -0.25) is 0 Å². The molecular formula is C9H18F3N3O3S. The minimum absolute atomic E-state index is 0.312. The second-order valence-corrected chi connectivity index (χ2v) is 6.28. The molecule has 0 spiro atoms. The number of hydrogen-bond donors (Lipinski definition) is 3. The predicted octanol–water partition coefficient (Wildman–Crippen LogP) is 1.02. The SMILES string of the molecule is CC(C)C(NS(=O)(=O)CCCC(F)(F)F)C(N)=NO. The van der Waals surface area contributed by atoms with E-state index in [9.17, 15) is 21.6 Å². The molecule has 0 amide bonds. The highest BCUT2D eigenvalue weighted by Crippen LogP contribution is 2.21. The predicted molar refractivity (Wildman–Crippen MR) is 64.2 cm³/mol. The van der Waals surface area contributed by atoms with Crippen molar-refractivity contribution in [1.29, 1.82) is 0 Å². The molecule has 0 saturated carbocycles. The fourth-order valence-corrected chi connectivity index (χ4v) is 2.74. The van der Waals surface area contributed by atoms with Gasteiger partial charge in [-0.05, 0) is 12.3 Å². The van der Waals surface area contributed by atoms with Gasteiger partial charge in [0.15, 0.2) is 5.84 Å². The first-order valence-corrected chi connectivity index (χ1v) is 7.18. The van der Waals surface area contributed by atoms with E-state index in [0.717, 1.165) is 0 Å². The lowest BCUT2D eigenvalue weighted by molar-refractivity contribution is -0.134. The summed E-state index contributed by atoms with van der Waals surface area (Å²) in [6.07, 6.45) is -6.11. The summed E-state index contributed by atoms with van der Waals surface area (Å²) < 4.78 is 61.0. The number of nitrogens with one attached hydrogen (secondary N) is 1. The van der Waals surface area contributed by atoms with Crippen molar-refractivity contribution in [2.24, 2.45) is 16.8 Å². The Morgan fingerprint density at radius 1 is 1.42 bits per heavy atom. The highest BCUT2D eigenvalue weighted by atomic mass is 32.2. The Labute approximate surface area is 109 Å². The van der Waals surface area contributed by atoms with E-state index in [1.165, 1.54) is 0 Å². The van der Waals surface area contributed by atoms with E-state index in [0.29, 0.717) is 0 Å². The molecule has 1 atom stereocenters.